The first kappa shape index (κ1) is 29.1. The highest BCUT2D eigenvalue weighted by molar-refractivity contribution is 5.89. The van der Waals surface area contributed by atoms with Gasteiger partial charge in [0.2, 0.25) is 5.91 Å². The molecule has 0 aliphatic carbocycles. The Morgan fingerprint density at radius 3 is 2.02 bits per heavy atom. The minimum absolute atomic E-state index is 0.0299. The van der Waals surface area contributed by atoms with Crippen LogP contribution in [0.2, 0.25) is 0 Å². The van der Waals surface area contributed by atoms with Crippen LogP contribution in [0.25, 0.3) is 6.08 Å². The first-order chi connectivity index (χ1) is 20.3. The van der Waals surface area contributed by atoms with Gasteiger partial charge in [0.05, 0.1) is 61.3 Å². The lowest BCUT2D eigenvalue weighted by Crippen LogP contribution is -2.57. The molecule has 1 saturated heterocycles. The molecule has 1 N–H and O–H groups in total. The zero-order chi connectivity index (χ0) is 30.1. The van der Waals surface area contributed by atoms with Crippen molar-refractivity contribution in [2.45, 2.75) is 38.9 Å². The van der Waals surface area contributed by atoms with Crippen molar-refractivity contribution < 1.29 is 33.2 Å². The van der Waals surface area contributed by atoms with Crippen molar-refractivity contribution >= 4 is 12.0 Å². The molecule has 9 nitrogen and oxygen atoms in total. The second kappa shape index (κ2) is 11.9. The molecule has 0 radical (unpaired) electrons. The zero-order valence-electron chi connectivity index (χ0n) is 25.4. The predicted molar refractivity (Wildman–Crippen MR) is 160 cm³/mol. The molecule has 2 heterocycles. The normalized spacial score (nSPS) is 18.4. The second-order valence-electron chi connectivity index (χ2n) is 10.3. The first-order valence-electron chi connectivity index (χ1n) is 13.8. The van der Waals surface area contributed by atoms with Gasteiger partial charge in [-0.1, -0.05) is 30.3 Å². The van der Waals surface area contributed by atoms with E-state index in [0.29, 0.717) is 47.5 Å². The van der Waals surface area contributed by atoms with E-state index in [9.17, 15) is 4.79 Å². The van der Waals surface area contributed by atoms with Gasteiger partial charge >= 0.3 is 0 Å². The Bertz CT molecular complexity index is 1530. The number of rotatable bonds is 9. The van der Waals surface area contributed by atoms with E-state index in [4.69, 9.17) is 28.4 Å². The van der Waals surface area contributed by atoms with Crippen LogP contribution in [0.3, 0.4) is 0 Å². The van der Waals surface area contributed by atoms with Gasteiger partial charge < -0.3 is 33.3 Å². The summed E-state index contributed by atoms with van der Waals surface area (Å²) in [5, 5.41) is 3.60. The van der Waals surface area contributed by atoms with Crippen LogP contribution in [-0.2, 0) is 17.8 Å². The number of methoxy groups -OCH3 is 6. The van der Waals surface area contributed by atoms with Crippen LogP contribution < -0.4 is 33.7 Å². The Kier molecular flexibility index (Phi) is 8.22. The summed E-state index contributed by atoms with van der Waals surface area (Å²) in [5.41, 5.74) is 5.90. The summed E-state index contributed by atoms with van der Waals surface area (Å²) >= 11 is 0. The van der Waals surface area contributed by atoms with Gasteiger partial charge in [-0.15, -0.1) is 0 Å². The molecule has 5 rings (SSSR count). The molecule has 222 valence electrons. The smallest absolute Gasteiger partial charge is 0.244 e. The van der Waals surface area contributed by atoms with Crippen LogP contribution in [0.1, 0.15) is 39.4 Å². The number of carbonyl (C=O) groups is 1. The summed E-state index contributed by atoms with van der Waals surface area (Å²) in [7, 11) is 9.72. The largest absolute Gasteiger partial charge is 0.496 e. The average molecular weight is 575 g/mol. The summed E-state index contributed by atoms with van der Waals surface area (Å²) in [6.45, 7) is 4.25. The van der Waals surface area contributed by atoms with Crippen LogP contribution in [-0.4, -0.2) is 59.5 Å². The van der Waals surface area contributed by atoms with Gasteiger partial charge in [-0.2, -0.15) is 0 Å². The minimum atomic E-state index is -0.455. The molecular formula is C33H38N2O7. The number of hydrogen-bond acceptors (Lipinski definition) is 8. The molecule has 3 aromatic rings. The lowest BCUT2D eigenvalue weighted by atomic mass is 9.81. The van der Waals surface area contributed by atoms with Crippen molar-refractivity contribution in [1.29, 1.82) is 0 Å². The number of benzene rings is 3. The maximum atomic E-state index is 14.2. The van der Waals surface area contributed by atoms with Crippen molar-refractivity contribution in [1.82, 2.24) is 10.2 Å². The molecule has 0 saturated carbocycles. The third-order valence-electron chi connectivity index (χ3n) is 8.15. The van der Waals surface area contributed by atoms with E-state index in [1.807, 2.05) is 61.2 Å². The predicted octanol–water partition coefficient (Wildman–Crippen LogP) is 4.99. The fourth-order valence-corrected chi connectivity index (χ4v) is 6.34. The van der Waals surface area contributed by atoms with Crippen molar-refractivity contribution in [2.24, 2.45) is 0 Å². The van der Waals surface area contributed by atoms with E-state index >= 15 is 0 Å². The maximum absolute atomic E-state index is 14.2. The second-order valence-corrected chi connectivity index (χ2v) is 10.3. The van der Waals surface area contributed by atoms with Crippen LogP contribution in [0.4, 0.5) is 0 Å². The van der Waals surface area contributed by atoms with Gasteiger partial charge in [-0.05, 0) is 31.6 Å². The number of ether oxygens (including phenoxy) is 6. The van der Waals surface area contributed by atoms with E-state index in [1.165, 1.54) is 0 Å². The van der Waals surface area contributed by atoms with Gasteiger partial charge in [-0.25, -0.2) is 0 Å². The molecule has 2 aliphatic rings. The van der Waals surface area contributed by atoms with Crippen LogP contribution in [0.15, 0.2) is 42.1 Å². The quantitative estimate of drug-likeness (QED) is 0.383. The third kappa shape index (κ3) is 4.67. The number of amides is 1. The Balaban J connectivity index is 1.81. The van der Waals surface area contributed by atoms with Crippen molar-refractivity contribution in [3.8, 4) is 34.5 Å². The Morgan fingerprint density at radius 2 is 1.43 bits per heavy atom. The summed E-state index contributed by atoms with van der Waals surface area (Å²) in [6.07, 6.45) is 2.43. The number of piperazine rings is 1. The minimum Gasteiger partial charge on any atom is -0.496 e. The Morgan fingerprint density at radius 1 is 0.810 bits per heavy atom. The van der Waals surface area contributed by atoms with E-state index in [0.717, 1.165) is 39.1 Å². The number of nitrogens with one attached hydrogen (secondary N) is 1. The maximum Gasteiger partial charge on any atom is 0.244 e. The lowest BCUT2D eigenvalue weighted by Gasteiger charge is -2.45. The van der Waals surface area contributed by atoms with Gasteiger partial charge in [0.15, 0.2) is 23.0 Å². The van der Waals surface area contributed by atoms with Crippen molar-refractivity contribution in [2.75, 3.05) is 42.7 Å². The summed E-state index contributed by atoms with van der Waals surface area (Å²) in [5.74, 6) is 3.64. The van der Waals surface area contributed by atoms with Gasteiger partial charge in [0.1, 0.15) is 11.5 Å². The number of hydrogen-bond donors (Lipinski definition) is 1. The summed E-state index contributed by atoms with van der Waals surface area (Å²) in [4.78, 5) is 16.1. The fourth-order valence-electron chi connectivity index (χ4n) is 6.34. The van der Waals surface area contributed by atoms with E-state index in [2.05, 4.69) is 5.32 Å². The van der Waals surface area contributed by atoms with Crippen LogP contribution >= 0.6 is 0 Å². The Hall–Kier alpha value is -4.37. The molecule has 3 aromatic carbocycles. The molecule has 42 heavy (non-hydrogen) atoms. The van der Waals surface area contributed by atoms with E-state index in [1.54, 1.807) is 42.7 Å². The molecule has 0 unspecified atom stereocenters. The molecule has 2 atom stereocenters. The molecule has 9 heteroatoms. The fraction of sp³-hybridized carbons (Fsp3) is 0.364. The zero-order valence-corrected chi connectivity index (χ0v) is 25.4. The monoisotopic (exact) mass is 574 g/mol. The molecule has 2 bridgehead atoms. The lowest BCUT2D eigenvalue weighted by molar-refractivity contribution is -0.135. The highest BCUT2D eigenvalue weighted by Crippen LogP contribution is 2.52. The number of nitrogens with zero attached hydrogens (tertiary/aromatic N) is 1. The standard InChI is InChI=1S/C33H38N2O7/c1-18-28(38-4)21(15-25(37-3)30(18)40-6)14-24-27-26-22(29(39-5)19(2)31(41-7)32(26)42-8)16-23(34-27)33(36)35(24)17-20-12-10-9-11-13-20/h9-15,23,27,34H,16-17H2,1-8H3/b24-14+/t23-,27-/m0/s1. The summed E-state index contributed by atoms with van der Waals surface area (Å²) < 4.78 is 34.9. The SMILES string of the molecule is COc1cc(/C=C2\[C@@H]3N[C@@H](Cc4c(OC)c(C)c(OC)c(OC)c43)C(=O)N2Cc2ccccc2)c(OC)c(C)c1OC. The third-order valence-corrected chi connectivity index (χ3v) is 8.15. The van der Waals surface area contributed by atoms with Crippen molar-refractivity contribution in [3.05, 3.63) is 75.5 Å². The van der Waals surface area contributed by atoms with Gasteiger partial charge in [0.25, 0.3) is 0 Å². The molecular weight excluding hydrogens is 536 g/mol. The van der Waals surface area contributed by atoms with Gasteiger partial charge in [0, 0.05) is 39.9 Å². The molecule has 1 fully saturated rings. The first-order valence-corrected chi connectivity index (χ1v) is 13.8. The van der Waals surface area contributed by atoms with Crippen molar-refractivity contribution in [3.63, 3.8) is 0 Å². The van der Waals surface area contributed by atoms with Crippen LogP contribution in [0, 0.1) is 13.8 Å². The topological polar surface area (TPSA) is 87.7 Å². The van der Waals surface area contributed by atoms with Crippen LogP contribution in [0.5, 0.6) is 34.5 Å². The molecule has 1 amide bonds. The molecule has 2 aliphatic heterocycles. The summed E-state index contributed by atoms with van der Waals surface area (Å²) in [6, 6.07) is 11.0. The highest BCUT2D eigenvalue weighted by Gasteiger charge is 2.46. The van der Waals surface area contributed by atoms with E-state index < -0.39 is 12.1 Å². The van der Waals surface area contributed by atoms with Gasteiger partial charge in [-0.3, -0.25) is 10.1 Å². The number of fused-ring (bicyclic) bond motifs is 4. The molecule has 0 spiro atoms. The van der Waals surface area contributed by atoms with E-state index in [-0.39, 0.29) is 5.91 Å². The Labute approximate surface area is 246 Å². The highest BCUT2D eigenvalue weighted by atomic mass is 16.5. The number of carbonyl (C=O) groups excluding carboxylic acids is 1. The average Bonchev–Trinajstić information content (AvgIpc) is 3.01. The molecule has 0 aromatic heterocycles.